The van der Waals surface area contributed by atoms with Gasteiger partial charge in [-0.3, -0.25) is 4.40 Å². The van der Waals surface area contributed by atoms with Crippen molar-refractivity contribution in [2.45, 2.75) is 26.9 Å². The molecule has 5 nitrogen and oxygen atoms in total. The van der Waals surface area contributed by atoms with E-state index in [9.17, 15) is 0 Å². The van der Waals surface area contributed by atoms with Crippen LogP contribution in [0.1, 0.15) is 23.0 Å². The quantitative estimate of drug-likeness (QED) is 0.783. The first-order valence-corrected chi connectivity index (χ1v) is 6.65. The minimum Gasteiger partial charge on any atom is -0.444 e. The van der Waals surface area contributed by atoms with E-state index in [2.05, 4.69) is 15.3 Å². The standard InChI is InChI=1S/C12H14N4OS/c1-8-9(2)17-11(14-8)6-13-5-10-7-16-3-4-18-12(16)15-10/h3-4,7,13H,5-6H2,1-2H3. The first-order chi connectivity index (χ1) is 8.72. The molecule has 3 heterocycles. The summed E-state index contributed by atoms with van der Waals surface area (Å²) in [6, 6.07) is 0. The summed E-state index contributed by atoms with van der Waals surface area (Å²) in [5.74, 6) is 1.61. The summed E-state index contributed by atoms with van der Waals surface area (Å²) < 4.78 is 7.53. The van der Waals surface area contributed by atoms with Crippen molar-refractivity contribution in [1.82, 2.24) is 19.7 Å². The highest BCUT2D eigenvalue weighted by Crippen LogP contribution is 2.11. The summed E-state index contributed by atoms with van der Waals surface area (Å²) in [6.45, 7) is 5.22. The maximum absolute atomic E-state index is 5.50. The molecule has 0 unspecified atom stereocenters. The summed E-state index contributed by atoms with van der Waals surface area (Å²) in [7, 11) is 0. The molecule has 18 heavy (non-hydrogen) atoms. The largest absolute Gasteiger partial charge is 0.444 e. The van der Waals surface area contributed by atoms with Gasteiger partial charge in [-0.2, -0.15) is 0 Å². The Labute approximate surface area is 108 Å². The van der Waals surface area contributed by atoms with Crippen LogP contribution in [0.3, 0.4) is 0 Å². The number of fused-ring (bicyclic) bond motifs is 1. The Balaban J connectivity index is 1.60. The van der Waals surface area contributed by atoms with Gasteiger partial charge in [0.15, 0.2) is 4.96 Å². The molecule has 0 atom stereocenters. The first-order valence-electron chi connectivity index (χ1n) is 5.77. The number of rotatable bonds is 4. The van der Waals surface area contributed by atoms with Gasteiger partial charge >= 0.3 is 0 Å². The van der Waals surface area contributed by atoms with Gasteiger partial charge in [-0.25, -0.2) is 9.97 Å². The van der Waals surface area contributed by atoms with Crippen LogP contribution in [0, 0.1) is 13.8 Å². The number of oxazole rings is 1. The maximum Gasteiger partial charge on any atom is 0.208 e. The molecule has 0 amide bonds. The highest BCUT2D eigenvalue weighted by Gasteiger charge is 2.06. The fourth-order valence-corrected chi connectivity index (χ4v) is 2.49. The van der Waals surface area contributed by atoms with Crippen LogP contribution in [-0.4, -0.2) is 14.4 Å². The van der Waals surface area contributed by atoms with E-state index in [-0.39, 0.29) is 0 Å². The molecular weight excluding hydrogens is 248 g/mol. The predicted octanol–water partition coefficient (Wildman–Crippen LogP) is 2.29. The van der Waals surface area contributed by atoms with Crippen molar-refractivity contribution in [3.63, 3.8) is 0 Å². The number of nitrogens with one attached hydrogen (secondary N) is 1. The van der Waals surface area contributed by atoms with Gasteiger partial charge in [0.1, 0.15) is 5.76 Å². The van der Waals surface area contributed by atoms with Gasteiger partial charge in [0.2, 0.25) is 5.89 Å². The second kappa shape index (κ2) is 4.55. The zero-order chi connectivity index (χ0) is 12.5. The normalized spacial score (nSPS) is 11.4. The number of aromatic nitrogens is 3. The van der Waals surface area contributed by atoms with Crippen LogP contribution in [0.2, 0.25) is 0 Å². The number of hydrogen-bond acceptors (Lipinski definition) is 5. The monoisotopic (exact) mass is 262 g/mol. The predicted molar refractivity (Wildman–Crippen MR) is 69.6 cm³/mol. The third-order valence-corrected chi connectivity index (χ3v) is 3.57. The molecule has 3 aromatic heterocycles. The Morgan fingerprint density at radius 3 is 2.94 bits per heavy atom. The Morgan fingerprint density at radius 1 is 1.33 bits per heavy atom. The lowest BCUT2D eigenvalue weighted by molar-refractivity contribution is 0.448. The van der Waals surface area contributed by atoms with Crippen LogP contribution in [0.25, 0.3) is 4.96 Å². The van der Waals surface area contributed by atoms with E-state index in [1.165, 1.54) is 0 Å². The molecule has 0 aliphatic carbocycles. The van der Waals surface area contributed by atoms with Gasteiger partial charge in [0.25, 0.3) is 0 Å². The van der Waals surface area contributed by atoms with Crippen molar-refractivity contribution in [2.75, 3.05) is 0 Å². The molecule has 0 saturated heterocycles. The zero-order valence-corrected chi connectivity index (χ0v) is 11.1. The van der Waals surface area contributed by atoms with Crippen LogP contribution in [0.5, 0.6) is 0 Å². The molecule has 6 heteroatoms. The fourth-order valence-electron chi connectivity index (χ4n) is 1.77. The van der Waals surface area contributed by atoms with Crippen molar-refractivity contribution < 1.29 is 4.42 Å². The maximum atomic E-state index is 5.50. The first kappa shape index (κ1) is 11.4. The molecule has 1 N–H and O–H groups in total. The van der Waals surface area contributed by atoms with Crippen molar-refractivity contribution >= 4 is 16.3 Å². The van der Waals surface area contributed by atoms with E-state index >= 15 is 0 Å². The van der Waals surface area contributed by atoms with Crippen LogP contribution < -0.4 is 5.32 Å². The molecule has 3 rings (SSSR count). The summed E-state index contributed by atoms with van der Waals surface area (Å²) in [5, 5.41) is 5.31. The van der Waals surface area contributed by atoms with Crippen LogP contribution in [0.4, 0.5) is 0 Å². The van der Waals surface area contributed by atoms with Gasteiger partial charge in [-0.15, -0.1) is 11.3 Å². The highest BCUT2D eigenvalue weighted by molar-refractivity contribution is 7.15. The minimum atomic E-state index is 0.625. The van der Waals surface area contributed by atoms with Gasteiger partial charge in [0, 0.05) is 24.3 Å². The molecule has 0 aliphatic rings. The third-order valence-electron chi connectivity index (χ3n) is 2.80. The van der Waals surface area contributed by atoms with Crippen molar-refractivity contribution in [1.29, 1.82) is 0 Å². The number of nitrogens with zero attached hydrogens (tertiary/aromatic N) is 3. The fraction of sp³-hybridized carbons (Fsp3) is 0.333. The third kappa shape index (κ3) is 2.16. The molecule has 0 radical (unpaired) electrons. The Bertz CT molecular complexity index is 619. The number of hydrogen-bond donors (Lipinski definition) is 1. The average molecular weight is 262 g/mol. The molecule has 3 aromatic rings. The van der Waals surface area contributed by atoms with Gasteiger partial charge < -0.3 is 9.73 Å². The van der Waals surface area contributed by atoms with E-state index in [4.69, 9.17) is 4.42 Å². The molecular formula is C12H14N4OS. The lowest BCUT2D eigenvalue weighted by Crippen LogP contribution is -2.13. The highest BCUT2D eigenvalue weighted by atomic mass is 32.1. The Morgan fingerprint density at radius 2 is 2.22 bits per heavy atom. The Hall–Kier alpha value is -1.66. The zero-order valence-electron chi connectivity index (χ0n) is 10.3. The number of aryl methyl sites for hydroxylation is 2. The van der Waals surface area contributed by atoms with Crippen LogP contribution in [-0.2, 0) is 13.1 Å². The summed E-state index contributed by atoms with van der Waals surface area (Å²) >= 11 is 1.64. The van der Waals surface area contributed by atoms with E-state index in [0.717, 1.165) is 34.5 Å². The lowest BCUT2D eigenvalue weighted by atomic mass is 10.4. The number of imidazole rings is 1. The molecule has 0 aromatic carbocycles. The molecule has 0 bridgehead atoms. The van der Waals surface area contributed by atoms with Crippen molar-refractivity contribution in [3.8, 4) is 0 Å². The second-order valence-corrected chi connectivity index (χ2v) is 5.05. The van der Waals surface area contributed by atoms with Crippen molar-refractivity contribution in [2.24, 2.45) is 0 Å². The molecule has 94 valence electrons. The summed E-state index contributed by atoms with van der Waals surface area (Å²) in [5.41, 5.74) is 1.98. The van der Waals surface area contributed by atoms with Gasteiger partial charge in [-0.05, 0) is 13.8 Å². The van der Waals surface area contributed by atoms with Crippen LogP contribution >= 0.6 is 11.3 Å². The lowest BCUT2D eigenvalue weighted by Gasteiger charge is -1.97. The van der Waals surface area contributed by atoms with Crippen LogP contribution in [0.15, 0.2) is 22.2 Å². The van der Waals surface area contributed by atoms with E-state index in [1.54, 1.807) is 11.3 Å². The number of thiazole rings is 1. The SMILES string of the molecule is Cc1nc(CNCc2cn3ccsc3n2)oc1C. The van der Waals surface area contributed by atoms with Crippen molar-refractivity contribution in [3.05, 3.63) is 40.8 Å². The molecule has 0 aliphatic heterocycles. The topological polar surface area (TPSA) is 55.4 Å². The molecule has 0 spiro atoms. The summed E-state index contributed by atoms with van der Waals surface area (Å²) in [6.07, 6.45) is 4.04. The van der Waals surface area contributed by atoms with E-state index < -0.39 is 0 Å². The molecule has 0 saturated carbocycles. The van der Waals surface area contributed by atoms with Gasteiger partial charge in [0.05, 0.1) is 17.9 Å². The summed E-state index contributed by atoms with van der Waals surface area (Å²) in [4.78, 5) is 9.84. The van der Waals surface area contributed by atoms with E-state index in [1.807, 2.05) is 36.0 Å². The second-order valence-electron chi connectivity index (χ2n) is 4.18. The Kier molecular flexibility index (Phi) is 2.89. The minimum absolute atomic E-state index is 0.625. The average Bonchev–Trinajstić information content (AvgIpc) is 2.95. The molecule has 0 fully saturated rings. The van der Waals surface area contributed by atoms with E-state index in [0.29, 0.717) is 6.54 Å². The van der Waals surface area contributed by atoms with Gasteiger partial charge in [-0.1, -0.05) is 0 Å². The smallest absolute Gasteiger partial charge is 0.208 e.